The molecular formula is C27H26ClN3O5. The van der Waals surface area contributed by atoms with Gasteiger partial charge in [-0.3, -0.25) is 9.59 Å². The van der Waals surface area contributed by atoms with Crippen LogP contribution in [0.4, 0.5) is 17.2 Å². The van der Waals surface area contributed by atoms with Gasteiger partial charge in [-0.05, 0) is 62.1 Å². The van der Waals surface area contributed by atoms with Crippen LogP contribution in [0.3, 0.4) is 0 Å². The van der Waals surface area contributed by atoms with Crippen LogP contribution in [-0.2, 0) is 16.0 Å². The van der Waals surface area contributed by atoms with Crippen molar-refractivity contribution < 1.29 is 14.3 Å². The average Bonchev–Trinajstić information content (AvgIpc) is 2.85. The molecule has 0 fully saturated rings. The standard InChI is InChI=1S/C27H26ClN3O5/c1-14(2)36-25-22(23(32)24(25)33)31-21(27(34)35-4)12-16-5-9-19(10-6-16)30-26-20-13-18(28)8-7-17(20)11-15(3)29-26/h5-11,13-14,21,31H,12H2,1-4H3,(H,29,30). The van der Waals surface area contributed by atoms with Crippen LogP contribution in [0.2, 0.25) is 5.02 Å². The van der Waals surface area contributed by atoms with Gasteiger partial charge in [0.2, 0.25) is 0 Å². The third-order valence-electron chi connectivity index (χ3n) is 5.60. The Balaban J connectivity index is 1.53. The summed E-state index contributed by atoms with van der Waals surface area (Å²) in [6, 6.07) is 14.2. The Hall–Kier alpha value is -3.91. The molecule has 1 atom stereocenters. The van der Waals surface area contributed by atoms with Crippen LogP contribution >= 0.6 is 11.6 Å². The van der Waals surface area contributed by atoms with Crippen LogP contribution in [0.15, 0.2) is 58.1 Å². The van der Waals surface area contributed by atoms with Crippen LogP contribution in [0.5, 0.6) is 5.75 Å². The summed E-state index contributed by atoms with van der Waals surface area (Å²) in [5.74, 6) is 0.0710. The van der Waals surface area contributed by atoms with Gasteiger partial charge < -0.3 is 20.1 Å². The van der Waals surface area contributed by atoms with Gasteiger partial charge in [0.05, 0.1) is 13.2 Å². The third kappa shape index (κ3) is 5.33. The van der Waals surface area contributed by atoms with E-state index in [-0.39, 0.29) is 24.0 Å². The van der Waals surface area contributed by atoms with Crippen molar-refractivity contribution in [3.05, 3.63) is 85.3 Å². The lowest BCUT2D eigenvalue weighted by Gasteiger charge is -2.21. The topological polar surface area (TPSA) is 107 Å². The Kier molecular flexibility index (Phi) is 7.26. The Morgan fingerprint density at radius 3 is 2.44 bits per heavy atom. The van der Waals surface area contributed by atoms with Crippen molar-refractivity contribution in [2.45, 2.75) is 39.3 Å². The van der Waals surface area contributed by atoms with Gasteiger partial charge in [-0.15, -0.1) is 0 Å². The number of carbonyl (C=O) groups excluding carboxylic acids is 1. The van der Waals surface area contributed by atoms with Crippen molar-refractivity contribution in [2.75, 3.05) is 17.7 Å². The Labute approximate surface area is 212 Å². The lowest BCUT2D eigenvalue weighted by Crippen LogP contribution is -2.42. The van der Waals surface area contributed by atoms with E-state index in [2.05, 4.69) is 15.6 Å². The largest absolute Gasteiger partial charge is 0.485 e. The first-order valence-corrected chi connectivity index (χ1v) is 11.8. The van der Waals surface area contributed by atoms with Crippen molar-refractivity contribution in [1.82, 2.24) is 4.98 Å². The van der Waals surface area contributed by atoms with Gasteiger partial charge in [-0.25, -0.2) is 9.78 Å². The number of nitrogens with zero attached hydrogens (tertiary/aromatic N) is 1. The number of aryl methyl sites for hydroxylation is 1. The molecule has 0 bridgehead atoms. The molecule has 3 aromatic carbocycles. The highest BCUT2D eigenvalue weighted by Crippen LogP contribution is 2.28. The third-order valence-corrected chi connectivity index (χ3v) is 5.84. The number of fused-ring (bicyclic) bond motifs is 1. The molecule has 186 valence electrons. The number of methoxy groups -OCH3 is 1. The Morgan fingerprint density at radius 2 is 1.78 bits per heavy atom. The molecule has 0 radical (unpaired) electrons. The number of hydrogen-bond acceptors (Lipinski definition) is 8. The Bertz CT molecular complexity index is 1490. The van der Waals surface area contributed by atoms with Crippen molar-refractivity contribution in [1.29, 1.82) is 0 Å². The number of aromatic nitrogens is 1. The van der Waals surface area contributed by atoms with Gasteiger partial charge in [0.1, 0.15) is 17.5 Å². The number of esters is 1. The van der Waals surface area contributed by atoms with E-state index in [1.165, 1.54) is 7.11 Å². The molecule has 2 N–H and O–H groups in total. The van der Waals surface area contributed by atoms with E-state index in [9.17, 15) is 14.4 Å². The molecule has 0 saturated carbocycles. The van der Waals surface area contributed by atoms with Gasteiger partial charge in [0.15, 0.2) is 5.75 Å². The van der Waals surface area contributed by atoms with E-state index in [1.54, 1.807) is 13.8 Å². The zero-order valence-electron chi connectivity index (χ0n) is 20.3. The molecular weight excluding hydrogens is 482 g/mol. The number of ether oxygens (including phenoxy) is 2. The maximum absolute atomic E-state index is 12.4. The van der Waals surface area contributed by atoms with Crippen LogP contribution in [0.25, 0.3) is 10.8 Å². The number of nitrogens with one attached hydrogen (secondary N) is 2. The number of benzene rings is 2. The molecule has 1 aromatic heterocycles. The number of hydrogen-bond donors (Lipinski definition) is 2. The number of rotatable bonds is 9. The first-order valence-electron chi connectivity index (χ1n) is 11.4. The van der Waals surface area contributed by atoms with Crippen molar-refractivity contribution in [3.63, 3.8) is 0 Å². The van der Waals surface area contributed by atoms with E-state index in [4.69, 9.17) is 21.1 Å². The molecule has 0 aliphatic rings. The van der Waals surface area contributed by atoms with Crippen LogP contribution in [-0.4, -0.2) is 30.2 Å². The van der Waals surface area contributed by atoms with E-state index < -0.39 is 22.9 Å². The summed E-state index contributed by atoms with van der Waals surface area (Å²) in [5.41, 5.74) is 1.07. The summed E-state index contributed by atoms with van der Waals surface area (Å²) in [6.07, 6.45) is -0.0600. The molecule has 0 aliphatic heterocycles. The fourth-order valence-corrected chi connectivity index (χ4v) is 4.08. The van der Waals surface area contributed by atoms with E-state index in [0.29, 0.717) is 10.8 Å². The fraction of sp³-hybridized carbons (Fsp3) is 0.259. The summed E-state index contributed by atoms with van der Waals surface area (Å²) in [7, 11) is 1.27. The van der Waals surface area contributed by atoms with Gasteiger partial charge in [0, 0.05) is 28.2 Å². The first-order chi connectivity index (χ1) is 17.2. The van der Waals surface area contributed by atoms with Crippen molar-refractivity contribution in [2.24, 2.45) is 0 Å². The molecule has 4 aromatic rings. The normalized spacial score (nSPS) is 12.1. The summed E-state index contributed by atoms with van der Waals surface area (Å²) >= 11 is 6.19. The van der Waals surface area contributed by atoms with Crippen molar-refractivity contribution >= 4 is 45.5 Å². The van der Waals surface area contributed by atoms with Gasteiger partial charge in [0.25, 0.3) is 10.9 Å². The van der Waals surface area contributed by atoms with E-state index in [0.717, 1.165) is 27.7 Å². The lowest BCUT2D eigenvalue weighted by molar-refractivity contribution is -0.141. The van der Waals surface area contributed by atoms with Gasteiger partial charge >= 0.3 is 5.97 Å². The van der Waals surface area contributed by atoms with E-state index in [1.807, 2.05) is 55.5 Å². The molecule has 0 spiro atoms. The zero-order valence-corrected chi connectivity index (χ0v) is 21.1. The molecule has 0 aliphatic carbocycles. The smallest absolute Gasteiger partial charge is 0.328 e. The highest BCUT2D eigenvalue weighted by atomic mass is 35.5. The first kappa shape index (κ1) is 25.2. The highest BCUT2D eigenvalue weighted by molar-refractivity contribution is 6.31. The minimum atomic E-state index is -0.879. The second kappa shape index (κ2) is 10.4. The molecule has 9 heteroatoms. The molecule has 0 amide bonds. The molecule has 36 heavy (non-hydrogen) atoms. The minimum absolute atomic E-state index is 0.00144. The molecule has 8 nitrogen and oxygen atoms in total. The second-order valence-electron chi connectivity index (χ2n) is 8.75. The number of halogens is 1. The number of anilines is 3. The average molecular weight is 508 g/mol. The maximum atomic E-state index is 12.4. The van der Waals surface area contributed by atoms with E-state index >= 15 is 0 Å². The summed E-state index contributed by atoms with van der Waals surface area (Å²) in [6.45, 7) is 5.42. The number of carbonyl (C=O) groups is 1. The molecule has 0 saturated heterocycles. The number of pyridine rings is 1. The predicted octanol–water partition coefficient (Wildman–Crippen LogP) is 4.52. The minimum Gasteiger partial charge on any atom is -0.485 e. The predicted molar refractivity (Wildman–Crippen MR) is 141 cm³/mol. The monoisotopic (exact) mass is 507 g/mol. The maximum Gasteiger partial charge on any atom is 0.328 e. The zero-order chi connectivity index (χ0) is 26.0. The molecule has 1 unspecified atom stereocenters. The summed E-state index contributed by atoms with van der Waals surface area (Å²) in [4.78, 5) is 41.0. The molecule has 4 rings (SSSR count). The highest BCUT2D eigenvalue weighted by Gasteiger charge is 2.29. The van der Waals surface area contributed by atoms with Crippen LogP contribution in [0, 0.1) is 6.92 Å². The van der Waals surface area contributed by atoms with Crippen molar-refractivity contribution in [3.8, 4) is 5.75 Å². The van der Waals surface area contributed by atoms with Crippen LogP contribution in [0.1, 0.15) is 25.1 Å². The quantitative estimate of drug-likeness (QED) is 0.251. The Morgan fingerprint density at radius 1 is 1.06 bits per heavy atom. The van der Waals surface area contributed by atoms with Gasteiger partial charge in [-0.2, -0.15) is 0 Å². The SMILES string of the molecule is COC(=O)C(Cc1ccc(Nc2nc(C)cc3ccc(Cl)cc23)cc1)Nc1c(OC(C)C)c(=O)c1=O. The van der Waals surface area contributed by atoms with Gasteiger partial charge in [-0.1, -0.05) is 29.8 Å². The fourth-order valence-electron chi connectivity index (χ4n) is 3.91. The van der Waals surface area contributed by atoms with Crippen LogP contribution < -0.4 is 26.2 Å². The summed E-state index contributed by atoms with van der Waals surface area (Å²) < 4.78 is 10.3. The summed E-state index contributed by atoms with van der Waals surface area (Å²) in [5, 5.41) is 8.73. The second-order valence-corrected chi connectivity index (χ2v) is 9.19. The lowest BCUT2D eigenvalue weighted by atomic mass is 10.0. The molecule has 1 heterocycles.